The van der Waals surface area contributed by atoms with Crippen molar-refractivity contribution in [1.82, 2.24) is 20.0 Å². The molecule has 0 radical (unpaired) electrons. The van der Waals surface area contributed by atoms with E-state index in [0.29, 0.717) is 0 Å². The minimum Gasteiger partial charge on any atom is -0.329 e. The normalized spacial score (nSPS) is 18.7. The number of piperazine rings is 1. The minimum absolute atomic E-state index is 0.785. The molecule has 0 spiro atoms. The molecule has 1 aliphatic heterocycles. The molecule has 0 aromatic heterocycles. The van der Waals surface area contributed by atoms with Crippen LogP contribution < -0.4 is 11.1 Å². The highest BCUT2D eigenvalue weighted by atomic mass is 15.3. The van der Waals surface area contributed by atoms with E-state index in [1.165, 1.54) is 39.3 Å². The van der Waals surface area contributed by atoms with Crippen LogP contribution in [0.1, 0.15) is 6.92 Å². The SMILES string of the molecule is CCN(CCNC)CCN1CCN(CCN)CC1. The molecule has 1 fully saturated rings. The Hall–Kier alpha value is -0.200. The molecule has 0 saturated carbocycles. The molecule has 5 heteroatoms. The number of rotatable bonds is 9. The Morgan fingerprint density at radius 2 is 1.67 bits per heavy atom. The maximum Gasteiger partial charge on any atom is 0.0110 e. The first kappa shape index (κ1) is 15.9. The molecular formula is C13H31N5. The van der Waals surface area contributed by atoms with E-state index in [2.05, 4.69) is 26.9 Å². The van der Waals surface area contributed by atoms with Crippen molar-refractivity contribution < 1.29 is 0 Å². The van der Waals surface area contributed by atoms with E-state index in [4.69, 9.17) is 5.73 Å². The summed E-state index contributed by atoms with van der Waals surface area (Å²) in [5, 5.41) is 3.22. The molecule has 1 heterocycles. The summed E-state index contributed by atoms with van der Waals surface area (Å²) in [6, 6.07) is 0. The van der Waals surface area contributed by atoms with Crippen LogP contribution in [-0.4, -0.2) is 93.7 Å². The first-order valence-electron chi connectivity index (χ1n) is 7.31. The van der Waals surface area contributed by atoms with Crippen LogP contribution in [0.3, 0.4) is 0 Å². The summed E-state index contributed by atoms with van der Waals surface area (Å²) in [6.45, 7) is 14.6. The number of hydrogen-bond acceptors (Lipinski definition) is 5. The van der Waals surface area contributed by atoms with Crippen molar-refractivity contribution in [2.24, 2.45) is 5.73 Å². The summed E-state index contributed by atoms with van der Waals surface area (Å²) in [5.41, 5.74) is 5.59. The Morgan fingerprint density at radius 3 is 2.17 bits per heavy atom. The van der Waals surface area contributed by atoms with E-state index in [1.807, 2.05) is 7.05 Å². The zero-order valence-corrected chi connectivity index (χ0v) is 12.2. The predicted molar refractivity (Wildman–Crippen MR) is 78.0 cm³/mol. The van der Waals surface area contributed by atoms with E-state index >= 15 is 0 Å². The summed E-state index contributed by atoms with van der Waals surface area (Å²) < 4.78 is 0. The quantitative estimate of drug-likeness (QED) is 0.561. The Balaban J connectivity index is 2.12. The number of nitrogens with two attached hydrogens (primary N) is 1. The van der Waals surface area contributed by atoms with Crippen molar-refractivity contribution in [2.75, 3.05) is 79.0 Å². The van der Waals surface area contributed by atoms with Gasteiger partial charge in [-0.05, 0) is 13.6 Å². The van der Waals surface area contributed by atoms with E-state index < -0.39 is 0 Å². The molecule has 3 N–H and O–H groups in total. The molecule has 0 aliphatic carbocycles. The fraction of sp³-hybridized carbons (Fsp3) is 1.00. The van der Waals surface area contributed by atoms with Crippen molar-refractivity contribution in [2.45, 2.75) is 6.92 Å². The monoisotopic (exact) mass is 257 g/mol. The lowest BCUT2D eigenvalue weighted by atomic mass is 10.3. The number of nitrogens with zero attached hydrogens (tertiary/aromatic N) is 3. The van der Waals surface area contributed by atoms with Crippen LogP contribution >= 0.6 is 0 Å². The maximum absolute atomic E-state index is 5.59. The molecule has 5 nitrogen and oxygen atoms in total. The van der Waals surface area contributed by atoms with Crippen molar-refractivity contribution in [1.29, 1.82) is 0 Å². The van der Waals surface area contributed by atoms with Crippen LogP contribution in [0.4, 0.5) is 0 Å². The van der Waals surface area contributed by atoms with Gasteiger partial charge in [-0.15, -0.1) is 0 Å². The van der Waals surface area contributed by atoms with Crippen LogP contribution in [0.15, 0.2) is 0 Å². The molecule has 0 unspecified atom stereocenters. The largest absolute Gasteiger partial charge is 0.329 e. The molecule has 1 rings (SSSR count). The molecule has 0 amide bonds. The number of nitrogens with one attached hydrogen (secondary N) is 1. The Kier molecular flexibility index (Phi) is 8.54. The first-order valence-corrected chi connectivity index (χ1v) is 7.31. The average Bonchev–Trinajstić information content (AvgIpc) is 2.41. The zero-order valence-electron chi connectivity index (χ0n) is 12.2. The zero-order chi connectivity index (χ0) is 13.2. The van der Waals surface area contributed by atoms with Gasteiger partial charge in [-0.2, -0.15) is 0 Å². The number of hydrogen-bond donors (Lipinski definition) is 2. The summed E-state index contributed by atoms with van der Waals surface area (Å²) >= 11 is 0. The maximum atomic E-state index is 5.59. The van der Waals surface area contributed by atoms with Gasteiger partial charge in [0.05, 0.1) is 0 Å². The Bertz CT molecular complexity index is 192. The van der Waals surface area contributed by atoms with Gasteiger partial charge in [0.2, 0.25) is 0 Å². The molecular weight excluding hydrogens is 226 g/mol. The highest BCUT2D eigenvalue weighted by molar-refractivity contribution is 4.73. The summed E-state index contributed by atoms with van der Waals surface area (Å²) in [5.74, 6) is 0. The van der Waals surface area contributed by atoms with Gasteiger partial charge in [-0.25, -0.2) is 0 Å². The van der Waals surface area contributed by atoms with Crippen molar-refractivity contribution in [3.63, 3.8) is 0 Å². The van der Waals surface area contributed by atoms with Gasteiger partial charge in [-0.1, -0.05) is 6.92 Å². The van der Waals surface area contributed by atoms with Crippen LogP contribution in [0.5, 0.6) is 0 Å². The Labute approximate surface area is 112 Å². The van der Waals surface area contributed by atoms with E-state index in [1.54, 1.807) is 0 Å². The average molecular weight is 257 g/mol. The second kappa shape index (κ2) is 9.69. The summed E-state index contributed by atoms with van der Waals surface area (Å²) in [4.78, 5) is 7.56. The standard InChI is InChI=1S/C13H31N5/c1-3-16(7-5-15-2)8-9-18-12-10-17(6-4-14)11-13-18/h15H,3-14H2,1-2H3. The smallest absolute Gasteiger partial charge is 0.0110 e. The summed E-state index contributed by atoms with van der Waals surface area (Å²) in [7, 11) is 2.02. The van der Waals surface area contributed by atoms with Crippen molar-refractivity contribution >= 4 is 0 Å². The molecule has 108 valence electrons. The third kappa shape index (κ3) is 6.11. The summed E-state index contributed by atoms with van der Waals surface area (Å²) in [6.07, 6.45) is 0. The van der Waals surface area contributed by atoms with Gasteiger partial charge in [0, 0.05) is 65.4 Å². The van der Waals surface area contributed by atoms with Gasteiger partial charge >= 0.3 is 0 Å². The van der Waals surface area contributed by atoms with Gasteiger partial charge < -0.3 is 16.0 Å². The van der Waals surface area contributed by atoms with Crippen LogP contribution in [0.2, 0.25) is 0 Å². The van der Waals surface area contributed by atoms with Crippen LogP contribution in [-0.2, 0) is 0 Å². The third-order valence-electron chi connectivity index (χ3n) is 3.77. The minimum atomic E-state index is 0.785. The highest BCUT2D eigenvalue weighted by Gasteiger charge is 2.16. The lowest BCUT2D eigenvalue weighted by molar-refractivity contribution is 0.122. The fourth-order valence-corrected chi connectivity index (χ4v) is 2.40. The van der Waals surface area contributed by atoms with Crippen LogP contribution in [0, 0.1) is 0 Å². The van der Waals surface area contributed by atoms with E-state index in [0.717, 1.165) is 32.7 Å². The van der Waals surface area contributed by atoms with Gasteiger partial charge in [0.15, 0.2) is 0 Å². The van der Waals surface area contributed by atoms with Gasteiger partial charge in [0.25, 0.3) is 0 Å². The molecule has 0 aromatic rings. The molecule has 0 bridgehead atoms. The molecule has 18 heavy (non-hydrogen) atoms. The first-order chi connectivity index (χ1) is 8.80. The lowest BCUT2D eigenvalue weighted by Crippen LogP contribution is -2.49. The molecule has 0 atom stereocenters. The molecule has 0 aromatic carbocycles. The number of likely N-dealkylation sites (N-methyl/N-ethyl adjacent to an activating group) is 2. The Morgan fingerprint density at radius 1 is 1.06 bits per heavy atom. The van der Waals surface area contributed by atoms with Gasteiger partial charge in [0.1, 0.15) is 0 Å². The lowest BCUT2D eigenvalue weighted by Gasteiger charge is -2.35. The fourth-order valence-electron chi connectivity index (χ4n) is 2.40. The second-order valence-corrected chi connectivity index (χ2v) is 5.01. The van der Waals surface area contributed by atoms with Crippen LogP contribution in [0.25, 0.3) is 0 Å². The third-order valence-corrected chi connectivity index (χ3v) is 3.77. The van der Waals surface area contributed by atoms with E-state index in [9.17, 15) is 0 Å². The van der Waals surface area contributed by atoms with Gasteiger partial charge in [-0.3, -0.25) is 9.80 Å². The second-order valence-electron chi connectivity index (χ2n) is 5.01. The predicted octanol–water partition coefficient (Wildman–Crippen LogP) is -0.896. The molecule has 1 aliphatic rings. The molecule has 1 saturated heterocycles. The van der Waals surface area contributed by atoms with Crippen molar-refractivity contribution in [3.8, 4) is 0 Å². The highest BCUT2D eigenvalue weighted by Crippen LogP contribution is 2.01. The van der Waals surface area contributed by atoms with E-state index in [-0.39, 0.29) is 0 Å². The van der Waals surface area contributed by atoms with Crippen molar-refractivity contribution in [3.05, 3.63) is 0 Å². The topological polar surface area (TPSA) is 47.8 Å².